The fourth-order valence-corrected chi connectivity index (χ4v) is 2.57. The second-order valence-electron chi connectivity index (χ2n) is 6.08. The van der Waals surface area contributed by atoms with E-state index in [2.05, 4.69) is 10.3 Å². The van der Waals surface area contributed by atoms with Gasteiger partial charge in [-0.25, -0.2) is 0 Å². The van der Waals surface area contributed by atoms with Gasteiger partial charge in [0.2, 0.25) is 5.91 Å². The molecule has 116 valence electrons. The summed E-state index contributed by atoms with van der Waals surface area (Å²) in [5.41, 5.74) is -0.0838. The minimum Gasteiger partial charge on any atom is -0.481 e. The van der Waals surface area contributed by atoms with Crippen molar-refractivity contribution in [3.05, 3.63) is 24.5 Å². The van der Waals surface area contributed by atoms with E-state index in [4.69, 9.17) is 0 Å². The van der Waals surface area contributed by atoms with Crippen molar-refractivity contribution in [2.75, 3.05) is 12.3 Å². The Kier molecular flexibility index (Phi) is 6.68. The second kappa shape index (κ2) is 8.02. The van der Waals surface area contributed by atoms with Crippen LogP contribution in [0.3, 0.4) is 0 Å². The van der Waals surface area contributed by atoms with Crippen LogP contribution in [0.5, 0.6) is 0 Å². The van der Waals surface area contributed by atoms with Crippen LogP contribution in [-0.2, 0) is 9.59 Å². The third-order valence-electron chi connectivity index (χ3n) is 2.77. The molecule has 0 radical (unpaired) electrons. The molecule has 5 nitrogen and oxygen atoms in total. The summed E-state index contributed by atoms with van der Waals surface area (Å²) in [6, 6.07) is 3.66. The molecule has 1 atom stereocenters. The first kappa shape index (κ1) is 17.5. The Morgan fingerprint density at radius 2 is 1.95 bits per heavy atom. The Labute approximate surface area is 129 Å². The normalized spacial score (nSPS) is 12.7. The van der Waals surface area contributed by atoms with E-state index < -0.39 is 11.9 Å². The number of carbonyl (C=O) groups excluding carboxylic acids is 1. The van der Waals surface area contributed by atoms with Crippen molar-refractivity contribution in [2.45, 2.75) is 32.1 Å². The van der Waals surface area contributed by atoms with Crippen molar-refractivity contribution in [1.82, 2.24) is 10.3 Å². The quantitative estimate of drug-likeness (QED) is 0.756. The molecule has 1 rings (SSSR count). The maximum atomic E-state index is 11.8. The van der Waals surface area contributed by atoms with Crippen molar-refractivity contribution in [1.29, 1.82) is 0 Å². The maximum absolute atomic E-state index is 11.8. The first-order valence-corrected chi connectivity index (χ1v) is 7.79. The standard InChI is InChI=1S/C15H22N2O3S/c1-15(2,3)8-11(14(19)20)9-17-13(18)10-21-12-4-6-16-7-5-12/h4-7,11H,8-10H2,1-3H3,(H,17,18)(H,19,20). The molecule has 0 saturated heterocycles. The van der Waals surface area contributed by atoms with Gasteiger partial charge in [0.05, 0.1) is 11.7 Å². The lowest BCUT2D eigenvalue weighted by molar-refractivity contribution is -0.142. The van der Waals surface area contributed by atoms with Crippen molar-refractivity contribution < 1.29 is 14.7 Å². The van der Waals surface area contributed by atoms with Crippen LogP contribution in [0.25, 0.3) is 0 Å². The predicted molar refractivity (Wildman–Crippen MR) is 83.2 cm³/mol. The van der Waals surface area contributed by atoms with Crippen LogP contribution in [0.15, 0.2) is 29.4 Å². The van der Waals surface area contributed by atoms with Crippen molar-refractivity contribution in [3.8, 4) is 0 Å². The molecule has 0 spiro atoms. The number of aromatic nitrogens is 1. The number of pyridine rings is 1. The number of hydrogen-bond donors (Lipinski definition) is 2. The highest BCUT2D eigenvalue weighted by Gasteiger charge is 2.24. The van der Waals surface area contributed by atoms with Crippen LogP contribution in [0.4, 0.5) is 0 Å². The van der Waals surface area contributed by atoms with E-state index in [9.17, 15) is 14.7 Å². The topological polar surface area (TPSA) is 79.3 Å². The lowest BCUT2D eigenvalue weighted by atomic mass is 9.84. The van der Waals surface area contributed by atoms with Gasteiger partial charge in [0.1, 0.15) is 0 Å². The van der Waals surface area contributed by atoms with E-state index in [1.807, 2.05) is 32.9 Å². The fourth-order valence-electron chi connectivity index (χ4n) is 1.86. The largest absolute Gasteiger partial charge is 0.481 e. The highest BCUT2D eigenvalue weighted by molar-refractivity contribution is 8.00. The average molecular weight is 310 g/mol. The van der Waals surface area contributed by atoms with Gasteiger partial charge in [-0.05, 0) is 24.0 Å². The summed E-state index contributed by atoms with van der Waals surface area (Å²) in [7, 11) is 0. The second-order valence-corrected chi connectivity index (χ2v) is 7.12. The van der Waals surface area contributed by atoms with Gasteiger partial charge in [0, 0.05) is 23.8 Å². The number of carboxylic acids is 1. The number of carboxylic acid groups (broad SMARTS) is 1. The first-order valence-electron chi connectivity index (χ1n) is 6.80. The number of carbonyl (C=O) groups is 2. The van der Waals surface area contributed by atoms with E-state index >= 15 is 0 Å². The van der Waals surface area contributed by atoms with Crippen LogP contribution in [-0.4, -0.2) is 34.3 Å². The van der Waals surface area contributed by atoms with E-state index in [1.54, 1.807) is 12.4 Å². The zero-order valence-electron chi connectivity index (χ0n) is 12.6. The average Bonchev–Trinajstić information content (AvgIpc) is 2.41. The summed E-state index contributed by atoms with van der Waals surface area (Å²) in [4.78, 5) is 27.8. The first-order chi connectivity index (χ1) is 9.78. The molecule has 0 aromatic carbocycles. The van der Waals surface area contributed by atoms with Crippen LogP contribution >= 0.6 is 11.8 Å². The fraction of sp³-hybridized carbons (Fsp3) is 0.533. The molecule has 0 bridgehead atoms. The number of nitrogens with zero attached hydrogens (tertiary/aromatic N) is 1. The van der Waals surface area contributed by atoms with E-state index in [0.717, 1.165) is 4.90 Å². The third kappa shape index (κ3) is 7.70. The van der Waals surface area contributed by atoms with Gasteiger partial charge in [-0.1, -0.05) is 20.8 Å². The highest BCUT2D eigenvalue weighted by atomic mass is 32.2. The molecule has 1 aromatic rings. The summed E-state index contributed by atoms with van der Waals surface area (Å²) in [6.07, 6.45) is 3.87. The van der Waals surface area contributed by atoms with Crippen LogP contribution in [0.1, 0.15) is 27.2 Å². The lowest BCUT2D eigenvalue weighted by Gasteiger charge is -2.23. The van der Waals surface area contributed by atoms with Crippen molar-refractivity contribution in [3.63, 3.8) is 0 Å². The molecule has 0 aliphatic heterocycles. The molecule has 0 aliphatic carbocycles. The Morgan fingerprint density at radius 3 is 2.48 bits per heavy atom. The van der Waals surface area contributed by atoms with Crippen LogP contribution in [0.2, 0.25) is 0 Å². The van der Waals surface area contributed by atoms with Gasteiger partial charge in [-0.3, -0.25) is 14.6 Å². The van der Waals surface area contributed by atoms with E-state index in [1.165, 1.54) is 11.8 Å². The number of aliphatic carboxylic acids is 1. The monoisotopic (exact) mass is 310 g/mol. The van der Waals surface area contributed by atoms with Crippen molar-refractivity contribution in [2.24, 2.45) is 11.3 Å². The molecule has 6 heteroatoms. The number of rotatable bonds is 7. The minimum absolute atomic E-state index is 0.0838. The third-order valence-corrected chi connectivity index (χ3v) is 3.79. The number of thioether (sulfide) groups is 1. The Hall–Kier alpha value is -1.56. The van der Waals surface area contributed by atoms with Crippen molar-refractivity contribution >= 4 is 23.6 Å². The smallest absolute Gasteiger partial charge is 0.308 e. The van der Waals surface area contributed by atoms with E-state index in [-0.39, 0.29) is 23.6 Å². The summed E-state index contributed by atoms with van der Waals surface area (Å²) in [6.45, 7) is 6.14. The summed E-state index contributed by atoms with van der Waals surface area (Å²) in [5.74, 6) is -1.31. The van der Waals surface area contributed by atoms with Gasteiger partial charge >= 0.3 is 5.97 Å². The van der Waals surface area contributed by atoms with E-state index in [0.29, 0.717) is 6.42 Å². The molecule has 1 unspecified atom stereocenters. The highest BCUT2D eigenvalue weighted by Crippen LogP contribution is 2.24. The molecule has 1 amide bonds. The lowest BCUT2D eigenvalue weighted by Crippen LogP contribution is -2.35. The molecule has 0 aliphatic rings. The van der Waals surface area contributed by atoms with Gasteiger partial charge in [-0.15, -0.1) is 11.8 Å². The van der Waals surface area contributed by atoms with Gasteiger partial charge < -0.3 is 10.4 Å². The Balaban J connectivity index is 2.38. The molecule has 2 N–H and O–H groups in total. The molecule has 0 fully saturated rings. The molecule has 0 saturated carbocycles. The maximum Gasteiger partial charge on any atom is 0.308 e. The Bertz CT molecular complexity index is 472. The van der Waals surface area contributed by atoms with Gasteiger partial charge in [0.15, 0.2) is 0 Å². The SMILES string of the molecule is CC(C)(C)CC(CNC(=O)CSc1ccncc1)C(=O)O. The minimum atomic E-state index is -0.869. The summed E-state index contributed by atoms with van der Waals surface area (Å²) in [5, 5.41) is 11.9. The predicted octanol–water partition coefficient (Wildman–Crippen LogP) is 2.43. The molecular formula is C15H22N2O3S. The van der Waals surface area contributed by atoms with Crippen LogP contribution < -0.4 is 5.32 Å². The van der Waals surface area contributed by atoms with Crippen LogP contribution in [0, 0.1) is 11.3 Å². The number of nitrogens with one attached hydrogen (secondary N) is 1. The zero-order valence-corrected chi connectivity index (χ0v) is 13.4. The van der Waals surface area contributed by atoms with Gasteiger partial charge in [0.25, 0.3) is 0 Å². The Morgan fingerprint density at radius 1 is 1.33 bits per heavy atom. The molecule has 21 heavy (non-hydrogen) atoms. The van der Waals surface area contributed by atoms with Gasteiger partial charge in [-0.2, -0.15) is 0 Å². The molecule has 1 heterocycles. The number of hydrogen-bond acceptors (Lipinski definition) is 4. The summed E-state index contributed by atoms with van der Waals surface area (Å²) >= 11 is 1.40. The molecular weight excluding hydrogens is 288 g/mol. The summed E-state index contributed by atoms with van der Waals surface area (Å²) < 4.78 is 0. The number of amides is 1. The molecule has 1 aromatic heterocycles. The zero-order chi connectivity index (χ0) is 15.9.